The number of carbonyl (C=O) groups excluding carboxylic acids is 1. The molecule has 28 heavy (non-hydrogen) atoms. The molecular formula is C20H12I2N2O4. The van der Waals surface area contributed by atoms with Gasteiger partial charge >= 0.3 is 5.97 Å². The zero-order chi connectivity index (χ0) is 20.7. The Hall–Kier alpha value is -2.57. The molecule has 0 atom stereocenters. The highest BCUT2D eigenvalue weighted by molar-refractivity contribution is 14.1. The van der Waals surface area contributed by atoms with Crippen LogP contribution in [0.25, 0.3) is 6.08 Å². The Morgan fingerprint density at radius 1 is 1.25 bits per heavy atom. The van der Waals surface area contributed by atoms with E-state index < -0.39 is 11.9 Å². The fourth-order valence-corrected chi connectivity index (χ4v) is 4.29. The molecule has 0 aliphatic carbocycles. The second-order valence-electron chi connectivity index (χ2n) is 5.32. The quantitative estimate of drug-likeness (QED) is 0.226. The number of nitrogens with zero attached hydrogens (tertiary/aromatic N) is 1. The van der Waals surface area contributed by atoms with E-state index in [-0.39, 0.29) is 23.4 Å². The Kier molecular flexibility index (Phi) is 7.84. The van der Waals surface area contributed by atoms with Gasteiger partial charge in [0.15, 0.2) is 0 Å². The normalized spacial score (nSPS) is 10.5. The predicted molar refractivity (Wildman–Crippen MR) is 122 cm³/mol. The molecule has 0 aliphatic heterocycles. The van der Waals surface area contributed by atoms with Crippen LogP contribution in [0.2, 0.25) is 0 Å². The second-order valence-corrected chi connectivity index (χ2v) is 7.64. The van der Waals surface area contributed by atoms with Crippen LogP contribution in [0.1, 0.15) is 15.9 Å². The summed E-state index contributed by atoms with van der Waals surface area (Å²) in [5.41, 5.74) is 0.845. The van der Waals surface area contributed by atoms with Gasteiger partial charge in [0.1, 0.15) is 24.0 Å². The minimum atomic E-state index is -1.11. The predicted octanol–water partition coefficient (Wildman–Crippen LogP) is 4.15. The lowest BCUT2D eigenvalue weighted by atomic mass is 10.1. The number of carboxylic acid groups (broad SMARTS) is 1. The van der Waals surface area contributed by atoms with Crippen LogP contribution in [0.15, 0.2) is 42.0 Å². The highest BCUT2D eigenvalue weighted by Crippen LogP contribution is 2.30. The van der Waals surface area contributed by atoms with Crippen molar-refractivity contribution in [2.24, 2.45) is 0 Å². The van der Waals surface area contributed by atoms with E-state index in [2.05, 4.69) is 56.4 Å². The first-order valence-electron chi connectivity index (χ1n) is 7.67. The summed E-state index contributed by atoms with van der Waals surface area (Å²) in [5.74, 6) is 1.30. The molecule has 6 nitrogen and oxygen atoms in total. The third-order valence-electron chi connectivity index (χ3n) is 3.36. The maximum atomic E-state index is 12.4. The topological polar surface area (TPSA) is 99.4 Å². The number of halogens is 2. The van der Waals surface area contributed by atoms with Crippen molar-refractivity contribution in [3.63, 3.8) is 0 Å². The first-order chi connectivity index (χ1) is 13.3. The number of amides is 1. The second kappa shape index (κ2) is 10.1. The average Bonchev–Trinajstić information content (AvgIpc) is 2.65. The van der Waals surface area contributed by atoms with Crippen LogP contribution in [0.5, 0.6) is 5.75 Å². The highest BCUT2D eigenvalue weighted by atomic mass is 127. The Balaban J connectivity index is 2.27. The van der Waals surface area contributed by atoms with Gasteiger partial charge in [-0.15, -0.1) is 6.42 Å². The maximum Gasteiger partial charge on any atom is 0.335 e. The summed E-state index contributed by atoms with van der Waals surface area (Å²) < 4.78 is 7.08. The van der Waals surface area contributed by atoms with E-state index in [4.69, 9.17) is 16.3 Å². The number of carboxylic acids is 1. The third-order valence-corrected chi connectivity index (χ3v) is 4.97. The lowest BCUT2D eigenvalue weighted by molar-refractivity contribution is -0.112. The Bertz CT molecular complexity index is 1030. The van der Waals surface area contributed by atoms with Crippen LogP contribution in [-0.4, -0.2) is 23.6 Å². The summed E-state index contributed by atoms with van der Waals surface area (Å²) >= 11 is 4.18. The maximum absolute atomic E-state index is 12.4. The van der Waals surface area contributed by atoms with E-state index in [0.29, 0.717) is 11.3 Å². The number of hydrogen-bond acceptors (Lipinski definition) is 4. The van der Waals surface area contributed by atoms with Gasteiger partial charge in [-0.3, -0.25) is 4.79 Å². The standard InChI is InChI=1S/C20H12I2N2O4/c1-2-6-28-18-16(21)8-12(9-17(18)22)7-14(11-23)19(25)24-15-5-3-4-13(10-15)20(26)27/h1,3-5,7-10H,6H2,(H,24,25)(H,26,27)/b14-7-. The molecule has 0 saturated heterocycles. The summed E-state index contributed by atoms with van der Waals surface area (Å²) in [7, 11) is 0. The molecule has 0 aromatic heterocycles. The number of ether oxygens (including phenoxy) is 1. The minimum absolute atomic E-state index is 0.0342. The third kappa shape index (κ3) is 5.71. The molecule has 0 fully saturated rings. The molecule has 0 bridgehead atoms. The molecule has 0 spiro atoms. The summed E-state index contributed by atoms with van der Waals surface area (Å²) in [6.07, 6.45) is 6.66. The number of nitriles is 1. The zero-order valence-electron chi connectivity index (χ0n) is 14.2. The van der Waals surface area contributed by atoms with E-state index in [1.807, 2.05) is 6.07 Å². The monoisotopic (exact) mass is 598 g/mol. The van der Waals surface area contributed by atoms with Gasteiger partial charge in [0.2, 0.25) is 0 Å². The van der Waals surface area contributed by atoms with Gasteiger partial charge < -0.3 is 15.2 Å². The Morgan fingerprint density at radius 2 is 1.93 bits per heavy atom. The number of aromatic carboxylic acids is 1. The van der Waals surface area contributed by atoms with Crippen molar-refractivity contribution in [1.82, 2.24) is 0 Å². The van der Waals surface area contributed by atoms with E-state index in [9.17, 15) is 14.9 Å². The van der Waals surface area contributed by atoms with Crippen LogP contribution >= 0.6 is 45.2 Å². The van der Waals surface area contributed by atoms with Gasteiger partial charge in [0, 0.05) is 5.69 Å². The molecular weight excluding hydrogens is 586 g/mol. The van der Waals surface area contributed by atoms with Crippen molar-refractivity contribution in [2.45, 2.75) is 0 Å². The van der Waals surface area contributed by atoms with Gasteiger partial charge in [0.05, 0.1) is 12.7 Å². The number of carbonyl (C=O) groups is 2. The number of terminal acetylenes is 1. The largest absolute Gasteiger partial charge is 0.479 e. The van der Waals surface area contributed by atoms with Crippen molar-refractivity contribution >= 4 is 68.8 Å². The van der Waals surface area contributed by atoms with Gasteiger partial charge in [-0.25, -0.2) is 4.79 Å². The van der Waals surface area contributed by atoms with Gasteiger partial charge in [0.25, 0.3) is 5.91 Å². The lowest BCUT2D eigenvalue weighted by Crippen LogP contribution is -2.14. The SMILES string of the molecule is C#CCOc1c(I)cc(/C=C(/C#N)C(=O)Nc2cccc(C(=O)O)c2)cc1I. The van der Waals surface area contributed by atoms with Crippen LogP contribution in [0.4, 0.5) is 5.69 Å². The van der Waals surface area contributed by atoms with Gasteiger partial charge in [-0.2, -0.15) is 5.26 Å². The van der Waals surface area contributed by atoms with E-state index in [0.717, 1.165) is 7.14 Å². The summed E-state index contributed by atoms with van der Waals surface area (Å²) in [6, 6.07) is 11.2. The van der Waals surface area contributed by atoms with E-state index in [1.165, 1.54) is 24.3 Å². The average molecular weight is 598 g/mol. The van der Waals surface area contributed by atoms with Crippen molar-refractivity contribution in [1.29, 1.82) is 5.26 Å². The molecule has 0 unspecified atom stereocenters. The van der Waals surface area contributed by atoms with E-state index in [1.54, 1.807) is 18.2 Å². The molecule has 0 heterocycles. The molecule has 140 valence electrons. The molecule has 1 amide bonds. The lowest BCUT2D eigenvalue weighted by Gasteiger charge is -2.09. The molecule has 2 rings (SSSR count). The van der Waals surface area contributed by atoms with Crippen LogP contribution in [-0.2, 0) is 4.79 Å². The van der Waals surface area contributed by atoms with Crippen LogP contribution < -0.4 is 10.1 Å². The minimum Gasteiger partial charge on any atom is -0.479 e. The van der Waals surface area contributed by atoms with Crippen molar-refractivity contribution in [3.05, 3.63) is 60.2 Å². The molecule has 0 saturated carbocycles. The Morgan fingerprint density at radius 3 is 2.50 bits per heavy atom. The van der Waals surface area contributed by atoms with Crippen LogP contribution in [0.3, 0.4) is 0 Å². The number of rotatable bonds is 6. The fourth-order valence-electron chi connectivity index (χ4n) is 2.16. The number of nitrogens with one attached hydrogen (secondary N) is 1. The molecule has 2 aromatic carbocycles. The first kappa shape index (κ1) is 21.7. The van der Waals surface area contributed by atoms with Crippen molar-refractivity contribution in [2.75, 3.05) is 11.9 Å². The van der Waals surface area contributed by atoms with Crippen molar-refractivity contribution in [3.8, 4) is 24.2 Å². The molecule has 2 aromatic rings. The summed E-state index contributed by atoms with van der Waals surface area (Å²) in [4.78, 5) is 23.4. The zero-order valence-corrected chi connectivity index (χ0v) is 18.5. The molecule has 0 aliphatic rings. The van der Waals surface area contributed by atoms with Gasteiger partial charge in [-0.05, 0) is 87.2 Å². The summed E-state index contributed by atoms with van der Waals surface area (Å²) in [6.45, 7) is 0.141. The summed E-state index contributed by atoms with van der Waals surface area (Å²) in [5, 5.41) is 20.9. The van der Waals surface area contributed by atoms with Crippen molar-refractivity contribution < 1.29 is 19.4 Å². The number of anilines is 1. The Labute approximate surface area is 188 Å². The molecule has 2 N–H and O–H groups in total. The fraction of sp³-hybridized carbons (Fsp3) is 0.0500. The van der Waals surface area contributed by atoms with Crippen LogP contribution in [0, 0.1) is 30.8 Å². The molecule has 8 heteroatoms. The molecule has 0 radical (unpaired) electrons. The van der Waals surface area contributed by atoms with Gasteiger partial charge in [-0.1, -0.05) is 12.0 Å². The first-order valence-corrected chi connectivity index (χ1v) is 9.83. The number of hydrogen-bond donors (Lipinski definition) is 2. The van der Waals surface area contributed by atoms with E-state index >= 15 is 0 Å². The smallest absolute Gasteiger partial charge is 0.335 e. The highest BCUT2D eigenvalue weighted by Gasteiger charge is 2.13. The number of benzene rings is 2.